The summed E-state index contributed by atoms with van der Waals surface area (Å²) in [6, 6.07) is 1.86. The molecule has 1 unspecified atom stereocenters. The van der Waals surface area contributed by atoms with Crippen molar-refractivity contribution >= 4 is 29.5 Å². The second kappa shape index (κ2) is 7.26. The van der Waals surface area contributed by atoms with Crippen molar-refractivity contribution in [2.75, 3.05) is 7.11 Å². The lowest BCUT2D eigenvalue weighted by atomic mass is 10.1. The number of esters is 1. The van der Waals surface area contributed by atoms with Crippen molar-refractivity contribution in [3.05, 3.63) is 28.0 Å². The van der Waals surface area contributed by atoms with Crippen molar-refractivity contribution in [2.45, 2.75) is 39.4 Å². The largest absolute Gasteiger partial charge is 0.508 e. The topological polar surface area (TPSA) is 61.8 Å². The van der Waals surface area contributed by atoms with Crippen molar-refractivity contribution in [2.24, 2.45) is 0 Å². The minimum atomic E-state index is -0.845. The van der Waals surface area contributed by atoms with Gasteiger partial charge in [0.05, 0.1) is 12.7 Å². The van der Waals surface area contributed by atoms with E-state index in [-0.39, 0.29) is 5.57 Å². The lowest BCUT2D eigenvalue weighted by Crippen LogP contribution is -2.29. The Hall–Kier alpha value is -1.82. The monoisotopic (exact) mass is 312 g/mol. The number of methoxy groups -OCH3 is 1. The fraction of sp³-hybridized carbons (Fsp3) is 0.467. The Bertz CT molecular complexity index is 511. The van der Waals surface area contributed by atoms with Gasteiger partial charge in [0.2, 0.25) is 0 Å². The number of hydrogen-bond acceptors (Lipinski definition) is 6. The van der Waals surface area contributed by atoms with Gasteiger partial charge in [-0.2, -0.15) is 11.3 Å². The van der Waals surface area contributed by atoms with E-state index in [1.807, 2.05) is 16.8 Å². The molecule has 6 heteroatoms. The van der Waals surface area contributed by atoms with Gasteiger partial charge in [-0.1, -0.05) is 0 Å². The summed E-state index contributed by atoms with van der Waals surface area (Å²) in [5.41, 5.74) is 0.477. The molecule has 0 spiro atoms. The molecule has 1 atom stereocenters. The van der Waals surface area contributed by atoms with E-state index in [9.17, 15) is 9.59 Å². The van der Waals surface area contributed by atoms with Gasteiger partial charge in [-0.15, -0.1) is 0 Å². The van der Waals surface area contributed by atoms with Crippen LogP contribution in [0.15, 0.2) is 22.4 Å². The van der Waals surface area contributed by atoms with E-state index in [0.717, 1.165) is 5.56 Å². The average Bonchev–Trinajstić information content (AvgIpc) is 2.86. The maximum Gasteiger partial charge on any atom is 0.508 e. The van der Waals surface area contributed by atoms with E-state index < -0.39 is 23.8 Å². The molecule has 0 amide bonds. The van der Waals surface area contributed by atoms with Gasteiger partial charge in [-0.25, -0.2) is 9.59 Å². The van der Waals surface area contributed by atoms with Gasteiger partial charge >= 0.3 is 12.1 Å². The zero-order chi connectivity index (χ0) is 16.0. The van der Waals surface area contributed by atoms with Crippen LogP contribution in [0.4, 0.5) is 4.79 Å². The molecule has 0 aliphatic rings. The van der Waals surface area contributed by atoms with Crippen LogP contribution < -0.4 is 0 Å². The normalized spacial score (nSPS) is 13.5. The van der Waals surface area contributed by atoms with E-state index in [2.05, 4.69) is 4.74 Å². The number of hydrogen-bond donors (Lipinski definition) is 0. The third-order valence-electron chi connectivity index (χ3n) is 2.38. The zero-order valence-corrected chi connectivity index (χ0v) is 13.7. The van der Waals surface area contributed by atoms with E-state index in [1.54, 1.807) is 33.8 Å². The molecule has 1 heterocycles. The fourth-order valence-electron chi connectivity index (χ4n) is 1.47. The summed E-state index contributed by atoms with van der Waals surface area (Å²) in [6.45, 7) is 6.93. The van der Waals surface area contributed by atoms with Crippen LogP contribution in [-0.2, 0) is 19.0 Å². The van der Waals surface area contributed by atoms with Crippen molar-refractivity contribution in [1.29, 1.82) is 0 Å². The highest BCUT2D eigenvalue weighted by molar-refractivity contribution is 7.08. The highest BCUT2D eigenvalue weighted by Gasteiger charge is 2.26. The maximum atomic E-state index is 12.3. The van der Waals surface area contributed by atoms with Crippen LogP contribution in [0.2, 0.25) is 0 Å². The van der Waals surface area contributed by atoms with Crippen LogP contribution in [0.5, 0.6) is 0 Å². The molecule has 0 radical (unpaired) electrons. The van der Waals surface area contributed by atoms with Crippen LogP contribution in [0.25, 0.3) is 6.08 Å². The molecule has 1 rings (SSSR count). The van der Waals surface area contributed by atoms with Crippen LogP contribution in [0, 0.1) is 0 Å². The molecule has 0 saturated heterocycles. The molecule has 0 bridgehead atoms. The van der Waals surface area contributed by atoms with Crippen LogP contribution in [-0.4, -0.2) is 30.9 Å². The van der Waals surface area contributed by atoms with Gasteiger partial charge < -0.3 is 14.2 Å². The molecule has 116 valence electrons. The lowest BCUT2D eigenvalue weighted by Gasteiger charge is -2.22. The van der Waals surface area contributed by atoms with E-state index in [4.69, 9.17) is 9.47 Å². The van der Waals surface area contributed by atoms with Crippen molar-refractivity contribution in [3.63, 3.8) is 0 Å². The van der Waals surface area contributed by atoms with Crippen molar-refractivity contribution < 1.29 is 23.8 Å². The highest BCUT2D eigenvalue weighted by atomic mass is 32.1. The predicted octanol–water partition coefficient (Wildman–Crippen LogP) is 3.64. The molecule has 0 aromatic carbocycles. The van der Waals surface area contributed by atoms with Gasteiger partial charge in [0.1, 0.15) is 11.7 Å². The summed E-state index contributed by atoms with van der Waals surface area (Å²) < 4.78 is 14.8. The van der Waals surface area contributed by atoms with Crippen LogP contribution in [0.3, 0.4) is 0 Å². The standard InChI is InChI=1S/C15H20O5S/c1-10(19-14(17)18-5)12(8-11-6-7-21-9-11)13(16)20-15(2,3)4/h6-10H,1-5H3/b12-8+. The molecular weight excluding hydrogens is 292 g/mol. The second-order valence-electron chi connectivity index (χ2n) is 5.37. The summed E-state index contributed by atoms with van der Waals surface area (Å²) in [5, 5.41) is 3.78. The number of carbonyl (C=O) groups is 2. The first-order valence-corrected chi connectivity index (χ1v) is 7.39. The Balaban J connectivity index is 3.00. The average molecular weight is 312 g/mol. The molecule has 1 aromatic rings. The first kappa shape index (κ1) is 17.2. The molecule has 1 aromatic heterocycles. The third-order valence-corrected chi connectivity index (χ3v) is 3.08. The van der Waals surface area contributed by atoms with Gasteiger partial charge in [0.25, 0.3) is 0 Å². The Morgan fingerprint density at radius 3 is 2.48 bits per heavy atom. The Morgan fingerprint density at radius 2 is 2.00 bits per heavy atom. The van der Waals surface area contributed by atoms with Gasteiger partial charge in [-0.3, -0.25) is 0 Å². The smallest absolute Gasteiger partial charge is 0.457 e. The fourth-order valence-corrected chi connectivity index (χ4v) is 2.09. The van der Waals surface area contributed by atoms with Crippen LogP contribution in [0.1, 0.15) is 33.3 Å². The van der Waals surface area contributed by atoms with E-state index in [1.165, 1.54) is 18.4 Å². The Morgan fingerprint density at radius 1 is 1.33 bits per heavy atom. The summed E-state index contributed by atoms with van der Waals surface area (Å²) in [7, 11) is 1.21. The SMILES string of the molecule is COC(=O)OC(C)/C(=C\c1ccsc1)C(=O)OC(C)(C)C. The number of ether oxygens (including phenoxy) is 3. The minimum Gasteiger partial charge on any atom is -0.457 e. The molecule has 0 saturated carbocycles. The summed E-state index contributed by atoms with van der Waals surface area (Å²) in [4.78, 5) is 23.5. The second-order valence-corrected chi connectivity index (χ2v) is 6.15. The zero-order valence-electron chi connectivity index (χ0n) is 12.8. The predicted molar refractivity (Wildman–Crippen MR) is 81.1 cm³/mol. The number of thiophene rings is 1. The Labute approximate surface area is 128 Å². The van der Waals surface area contributed by atoms with Crippen molar-refractivity contribution in [3.8, 4) is 0 Å². The molecular formula is C15H20O5S. The first-order valence-electron chi connectivity index (χ1n) is 6.44. The third kappa shape index (κ3) is 5.99. The summed E-state index contributed by atoms with van der Waals surface area (Å²) in [6.07, 6.45) is 0.0347. The van der Waals surface area contributed by atoms with E-state index in [0.29, 0.717) is 0 Å². The molecule has 5 nitrogen and oxygen atoms in total. The molecule has 21 heavy (non-hydrogen) atoms. The lowest BCUT2D eigenvalue weighted by molar-refractivity contribution is -0.150. The Kier molecular flexibility index (Phi) is 5.96. The van der Waals surface area contributed by atoms with Gasteiger partial charge in [-0.05, 0) is 56.2 Å². The summed E-state index contributed by atoms with van der Waals surface area (Å²) in [5.74, 6) is -0.523. The number of rotatable bonds is 4. The first-order chi connectivity index (χ1) is 9.73. The van der Waals surface area contributed by atoms with Crippen LogP contribution >= 0.6 is 11.3 Å². The minimum absolute atomic E-state index is 0.258. The van der Waals surface area contributed by atoms with Gasteiger partial charge in [0, 0.05) is 0 Å². The quantitative estimate of drug-likeness (QED) is 0.627. The maximum absolute atomic E-state index is 12.3. The van der Waals surface area contributed by atoms with Gasteiger partial charge in [0.15, 0.2) is 0 Å². The van der Waals surface area contributed by atoms with Crippen molar-refractivity contribution in [1.82, 2.24) is 0 Å². The molecule has 0 aliphatic carbocycles. The highest BCUT2D eigenvalue weighted by Crippen LogP contribution is 2.20. The molecule has 0 N–H and O–H groups in total. The number of carbonyl (C=O) groups excluding carboxylic acids is 2. The molecule has 0 aliphatic heterocycles. The molecule has 0 fully saturated rings. The summed E-state index contributed by atoms with van der Waals surface area (Å²) >= 11 is 1.51. The van der Waals surface area contributed by atoms with E-state index >= 15 is 0 Å².